The lowest BCUT2D eigenvalue weighted by molar-refractivity contribution is -0.137. The minimum atomic E-state index is -0.620. The number of nitrogens with zero attached hydrogens (tertiary/aromatic N) is 5. The number of nitrogens with one attached hydrogen (secondary N) is 2. The van der Waals surface area contributed by atoms with E-state index in [1.165, 1.54) is 0 Å². The normalized spacial score (nSPS) is 18.4. The van der Waals surface area contributed by atoms with Crippen LogP contribution in [0.25, 0.3) is 6.08 Å². The van der Waals surface area contributed by atoms with Crippen molar-refractivity contribution in [3.05, 3.63) is 95.3 Å². The summed E-state index contributed by atoms with van der Waals surface area (Å²) in [5, 5.41) is 5.31. The zero-order chi connectivity index (χ0) is 42.6. The number of amides is 6. The number of carbonyl (C=O) groups excluding carboxylic acids is 6. The van der Waals surface area contributed by atoms with E-state index in [9.17, 15) is 28.8 Å². The van der Waals surface area contributed by atoms with E-state index in [-0.39, 0.29) is 36.0 Å². The largest absolute Gasteiger partial charge is 0.368 e. The minimum Gasteiger partial charge on any atom is -0.368 e. The van der Waals surface area contributed by atoms with Crippen LogP contribution >= 0.6 is 11.8 Å². The Bertz CT molecular complexity index is 2060. The van der Waals surface area contributed by atoms with Gasteiger partial charge in [0.1, 0.15) is 6.04 Å². The number of thioether (sulfide) groups is 1. The number of hydrogen-bond acceptors (Lipinski definition) is 9. The molecule has 3 saturated heterocycles. The van der Waals surface area contributed by atoms with Gasteiger partial charge in [-0.1, -0.05) is 31.4 Å². The van der Waals surface area contributed by atoms with Gasteiger partial charge >= 0.3 is 0 Å². The third-order valence-electron chi connectivity index (χ3n) is 12.3. The fourth-order valence-corrected chi connectivity index (χ4v) is 9.79. The molecule has 0 aliphatic carbocycles. The molecule has 5 heterocycles. The zero-order valence-corrected chi connectivity index (χ0v) is 35.7. The Hall–Kier alpha value is -5.50. The summed E-state index contributed by atoms with van der Waals surface area (Å²) in [6.45, 7) is 5.42. The van der Waals surface area contributed by atoms with E-state index >= 15 is 0 Å². The summed E-state index contributed by atoms with van der Waals surface area (Å²) in [7, 11) is 0. The average Bonchev–Trinajstić information content (AvgIpc) is 3.63. The Morgan fingerprint density at radius 1 is 0.836 bits per heavy atom. The van der Waals surface area contributed by atoms with E-state index in [0.29, 0.717) is 56.1 Å². The molecule has 0 bridgehead atoms. The first kappa shape index (κ1) is 43.6. The number of rotatable bonds is 17. The van der Waals surface area contributed by atoms with Crippen molar-refractivity contribution < 1.29 is 28.8 Å². The van der Waals surface area contributed by atoms with Crippen LogP contribution in [0.15, 0.2) is 78.0 Å². The average molecular weight is 848 g/mol. The van der Waals surface area contributed by atoms with Gasteiger partial charge in [-0.15, -0.1) is 11.8 Å². The predicted molar refractivity (Wildman–Crippen MR) is 236 cm³/mol. The molecule has 61 heavy (non-hydrogen) atoms. The van der Waals surface area contributed by atoms with Crippen molar-refractivity contribution in [3.63, 3.8) is 0 Å². The van der Waals surface area contributed by atoms with Gasteiger partial charge in [0, 0.05) is 105 Å². The topological polar surface area (TPSA) is 152 Å². The number of imide groups is 1. The molecule has 0 radical (unpaired) electrons. The molecule has 3 fully saturated rings. The third-order valence-corrected chi connectivity index (χ3v) is 13.5. The molecular weight excluding hydrogens is 791 g/mol. The summed E-state index contributed by atoms with van der Waals surface area (Å²) in [5.74, 6) is 0.804. The van der Waals surface area contributed by atoms with E-state index in [2.05, 4.69) is 20.5 Å². The Morgan fingerprint density at radius 2 is 1.64 bits per heavy atom. The molecule has 1 unspecified atom stereocenters. The fraction of sp³-hybridized carbons (Fsp3) is 0.468. The number of pyridine rings is 1. The van der Waals surface area contributed by atoms with Crippen LogP contribution in [0.1, 0.15) is 102 Å². The highest BCUT2D eigenvalue weighted by Crippen LogP contribution is 2.35. The van der Waals surface area contributed by atoms with Crippen LogP contribution in [-0.2, 0) is 25.7 Å². The molecule has 13 nitrogen and oxygen atoms in total. The molecule has 1 atom stereocenters. The van der Waals surface area contributed by atoms with Crippen LogP contribution in [0.5, 0.6) is 0 Å². The van der Waals surface area contributed by atoms with Crippen molar-refractivity contribution in [2.45, 2.75) is 88.1 Å². The molecular formula is C47H57N7O6S. The molecule has 7 rings (SSSR count). The molecule has 2 N–H and O–H groups in total. The number of piperidine rings is 2. The maximum Gasteiger partial charge on any atom is 0.255 e. The molecule has 3 aromatic rings. The molecule has 2 aromatic carbocycles. The molecule has 322 valence electrons. The first-order chi connectivity index (χ1) is 29.7. The maximum absolute atomic E-state index is 13.3. The Labute approximate surface area is 362 Å². The summed E-state index contributed by atoms with van der Waals surface area (Å²) in [4.78, 5) is 88.6. The molecule has 1 aromatic heterocycles. The number of benzene rings is 2. The lowest BCUT2D eigenvalue weighted by Gasteiger charge is -2.36. The van der Waals surface area contributed by atoms with Crippen LogP contribution in [0.3, 0.4) is 0 Å². The molecule has 0 saturated carbocycles. The van der Waals surface area contributed by atoms with Gasteiger partial charge in [0.15, 0.2) is 0 Å². The van der Waals surface area contributed by atoms with Gasteiger partial charge in [-0.3, -0.25) is 39.1 Å². The van der Waals surface area contributed by atoms with Gasteiger partial charge in [-0.05, 0) is 110 Å². The zero-order valence-electron chi connectivity index (χ0n) is 34.9. The predicted octanol–water partition coefficient (Wildman–Crippen LogP) is 5.70. The first-order valence-electron chi connectivity index (χ1n) is 21.9. The molecule has 4 aliphatic heterocycles. The standard InChI is InChI=1S/C47H57N7O6S/c55-42(19-13-35-9-7-23-48-32-35)49-24-4-3-8-34-21-25-53(26-22-34)46(59)36-14-16-37(17-15-36)51-27-29-52(30-28-51)44(57)12-2-1-5-31-61-41-11-6-10-38-39(41)33-54(47(38)60)40-18-20-43(56)50-45(40)58/h6-7,9-11,13-17,19,23,32,34,40H,1-5,8,12,18,20-22,24-31,33H2,(H,49,55)(H,50,56,58)/b19-13+. The number of anilines is 1. The third kappa shape index (κ3) is 11.7. The number of aromatic nitrogens is 1. The Kier molecular flexibility index (Phi) is 15.2. The molecule has 4 aliphatic rings. The summed E-state index contributed by atoms with van der Waals surface area (Å²) in [5.41, 5.74) is 4.25. The number of carbonyl (C=O) groups is 6. The monoisotopic (exact) mass is 847 g/mol. The summed E-state index contributed by atoms with van der Waals surface area (Å²) >= 11 is 1.71. The molecule has 6 amide bonds. The van der Waals surface area contributed by atoms with E-state index in [0.717, 1.165) is 105 Å². The van der Waals surface area contributed by atoms with Gasteiger partial charge in [0.05, 0.1) is 0 Å². The SMILES string of the molecule is O=C(/C=C/c1cccnc1)NCCCCC1CCN(C(=O)c2ccc(N3CCN(C(=O)CCCCCSc4cccc5c4CN(C4CCC(=O)NC4=O)C5=O)CC3)cc2)CC1. The van der Waals surface area contributed by atoms with Crippen molar-refractivity contribution in [2.75, 3.05) is 56.5 Å². The lowest BCUT2D eigenvalue weighted by Crippen LogP contribution is -2.52. The number of hydrogen-bond donors (Lipinski definition) is 2. The quantitative estimate of drug-likeness (QED) is 0.0755. The molecule has 0 spiro atoms. The number of fused-ring (bicyclic) bond motifs is 1. The summed E-state index contributed by atoms with van der Waals surface area (Å²) in [6.07, 6.45) is 15.7. The minimum absolute atomic E-state index is 0.0829. The number of unbranched alkanes of at least 4 members (excludes halogenated alkanes) is 3. The van der Waals surface area contributed by atoms with Gasteiger partial charge in [-0.2, -0.15) is 0 Å². The van der Waals surface area contributed by atoms with Crippen molar-refractivity contribution in [3.8, 4) is 0 Å². The second-order valence-corrected chi connectivity index (χ2v) is 17.5. The van der Waals surface area contributed by atoms with Gasteiger partial charge < -0.3 is 24.9 Å². The fourth-order valence-electron chi connectivity index (χ4n) is 8.70. The highest BCUT2D eigenvalue weighted by atomic mass is 32.2. The summed E-state index contributed by atoms with van der Waals surface area (Å²) < 4.78 is 0. The van der Waals surface area contributed by atoms with Crippen LogP contribution in [-0.4, -0.2) is 113 Å². The van der Waals surface area contributed by atoms with Gasteiger partial charge in [-0.25, -0.2) is 0 Å². The van der Waals surface area contributed by atoms with Crippen LogP contribution < -0.4 is 15.5 Å². The second kappa shape index (κ2) is 21.3. The maximum atomic E-state index is 13.3. The smallest absolute Gasteiger partial charge is 0.255 e. The van der Waals surface area contributed by atoms with Crippen LogP contribution in [0, 0.1) is 5.92 Å². The van der Waals surface area contributed by atoms with E-state index < -0.39 is 11.9 Å². The van der Waals surface area contributed by atoms with Crippen molar-refractivity contribution in [1.82, 2.24) is 30.3 Å². The van der Waals surface area contributed by atoms with Gasteiger partial charge in [0.25, 0.3) is 11.8 Å². The second-order valence-electron chi connectivity index (χ2n) is 16.4. The number of piperazine rings is 1. The van der Waals surface area contributed by atoms with Crippen molar-refractivity contribution >= 4 is 59.0 Å². The van der Waals surface area contributed by atoms with E-state index in [4.69, 9.17) is 0 Å². The van der Waals surface area contributed by atoms with E-state index in [1.807, 2.05) is 64.4 Å². The Balaban J connectivity index is 0.739. The highest BCUT2D eigenvalue weighted by Gasteiger charge is 2.40. The summed E-state index contributed by atoms with van der Waals surface area (Å²) in [6, 6.07) is 16.8. The van der Waals surface area contributed by atoms with Gasteiger partial charge in [0.2, 0.25) is 23.6 Å². The van der Waals surface area contributed by atoms with Crippen LogP contribution in [0.2, 0.25) is 0 Å². The molecule has 14 heteroatoms. The van der Waals surface area contributed by atoms with Crippen molar-refractivity contribution in [2.24, 2.45) is 5.92 Å². The number of likely N-dealkylation sites (tertiary alicyclic amines) is 1. The highest BCUT2D eigenvalue weighted by molar-refractivity contribution is 7.99. The lowest BCUT2D eigenvalue weighted by atomic mass is 9.91. The van der Waals surface area contributed by atoms with E-state index in [1.54, 1.807) is 41.2 Å². The first-order valence-corrected chi connectivity index (χ1v) is 22.9. The van der Waals surface area contributed by atoms with Crippen LogP contribution in [0.4, 0.5) is 5.69 Å². The Morgan fingerprint density at radius 3 is 2.39 bits per heavy atom. The van der Waals surface area contributed by atoms with Crippen molar-refractivity contribution in [1.29, 1.82) is 0 Å².